The molecule has 0 amide bonds. The fourth-order valence-electron chi connectivity index (χ4n) is 3.63. The Balaban J connectivity index is 2.31. The lowest BCUT2D eigenvalue weighted by atomic mass is 10.1. The smallest absolute Gasteiger partial charge is 0.347 e. The highest BCUT2D eigenvalue weighted by Crippen LogP contribution is 2.26. The van der Waals surface area contributed by atoms with Gasteiger partial charge in [-0.25, -0.2) is 4.79 Å². The van der Waals surface area contributed by atoms with E-state index >= 15 is 0 Å². The molecule has 170 valence electrons. The predicted molar refractivity (Wildman–Crippen MR) is 126 cm³/mol. The highest BCUT2D eigenvalue weighted by molar-refractivity contribution is 7.90. The van der Waals surface area contributed by atoms with E-state index < -0.39 is 15.6 Å². The minimum atomic E-state index is -4.08. The number of fused-ring (bicyclic) bond motifs is 1. The summed E-state index contributed by atoms with van der Waals surface area (Å²) in [4.78, 5) is 14.9. The van der Waals surface area contributed by atoms with Gasteiger partial charge in [-0.1, -0.05) is 29.8 Å². The number of sulfonamides is 1. The standard InChI is InChI=1S/C24H28N2O5S/c1-15(2)26(16(3)4)23(25-32(28,29)19-12-10-17(5)11-13-19)20-14-18-8-7-9-21(30-6)22(18)31-24(20)27/h7-16H,1-6H3/b25-23-. The molecule has 0 unspecified atom stereocenters. The molecule has 0 saturated heterocycles. The molecule has 0 aliphatic heterocycles. The number of amidine groups is 1. The maximum atomic E-state index is 13.2. The van der Waals surface area contributed by atoms with Gasteiger partial charge in [0, 0.05) is 17.5 Å². The third kappa shape index (κ3) is 4.70. The number of para-hydroxylation sites is 1. The first-order chi connectivity index (χ1) is 15.0. The molecule has 0 atom stereocenters. The second-order valence-electron chi connectivity index (χ2n) is 8.12. The molecule has 0 N–H and O–H groups in total. The monoisotopic (exact) mass is 456 g/mol. The van der Waals surface area contributed by atoms with E-state index in [1.807, 2.05) is 34.6 Å². The number of benzene rings is 2. The van der Waals surface area contributed by atoms with E-state index in [0.717, 1.165) is 5.56 Å². The summed E-state index contributed by atoms with van der Waals surface area (Å²) in [5, 5.41) is 0.604. The molecule has 1 heterocycles. The van der Waals surface area contributed by atoms with E-state index in [1.165, 1.54) is 19.2 Å². The minimum absolute atomic E-state index is 0.0500. The second-order valence-corrected chi connectivity index (χ2v) is 9.73. The van der Waals surface area contributed by atoms with Crippen molar-refractivity contribution in [2.75, 3.05) is 7.11 Å². The highest BCUT2D eigenvalue weighted by Gasteiger charge is 2.27. The van der Waals surface area contributed by atoms with Crippen molar-refractivity contribution in [1.82, 2.24) is 4.90 Å². The van der Waals surface area contributed by atoms with Crippen molar-refractivity contribution in [1.29, 1.82) is 0 Å². The van der Waals surface area contributed by atoms with Gasteiger partial charge in [-0.3, -0.25) is 0 Å². The van der Waals surface area contributed by atoms with Gasteiger partial charge in [0.05, 0.1) is 12.0 Å². The van der Waals surface area contributed by atoms with Gasteiger partial charge < -0.3 is 14.1 Å². The molecular formula is C24H28N2O5S. The Morgan fingerprint density at radius 1 is 1.03 bits per heavy atom. The summed E-state index contributed by atoms with van der Waals surface area (Å²) in [5.41, 5.74) is 0.614. The first-order valence-electron chi connectivity index (χ1n) is 10.4. The van der Waals surface area contributed by atoms with E-state index in [0.29, 0.717) is 16.7 Å². The average Bonchev–Trinajstić information content (AvgIpc) is 2.72. The molecule has 3 rings (SSSR count). The van der Waals surface area contributed by atoms with Gasteiger partial charge in [0.2, 0.25) is 0 Å². The molecule has 0 saturated carbocycles. The minimum Gasteiger partial charge on any atom is -0.493 e. The Labute approximate surface area is 188 Å². The zero-order valence-corrected chi connectivity index (χ0v) is 19.9. The van der Waals surface area contributed by atoms with Crippen molar-refractivity contribution >= 4 is 26.8 Å². The van der Waals surface area contributed by atoms with Crippen molar-refractivity contribution in [3.05, 3.63) is 70.1 Å². The lowest BCUT2D eigenvalue weighted by Gasteiger charge is -2.33. The summed E-state index contributed by atoms with van der Waals surface area (Å²) in [6.45, 7) is 9.54. The molecule has 7 nitrogen and oxygen atoms in total. The van der Waals surface area contributed by atoms with E-state index in [2.05, 4.69) is 4.40 Å². The molecular weight excluding hydrogens is 428 g/mol. The zero-order chi connectivity index (χ0) is 23.6. The number of aryl methyl sites for hydroxylation is 1. The molecule has 0 fully saturated rings. The Hall–Kier alpha value is -3.13. The third-order valence-corrected chi connectivity index (χ3v) is 6.35. The van der Waals surface area contributed by atoms with Crippen LogP contribution in [0.15, 0.2) is 67.0 Å². The molecule has 0 bridgehead atoms. The van der Waals surface area contributed by atoms with E-state index in [-0.39, 0.29) is 28.4 Å². The second kappa shape index (κ2) is 9.16. The molecule has 3 aromatic rings. The summed E-state index contributed by atoms with van der Waals surface area (Å²) < 4.78 is 41.4. The number of hydrogen-bond donors (Lipinski definition) is 0. The van der Waals surface area contributed by atoms with Crippen LogP contribution in [0.3, 0.4) is 0 Å². The van der Waals surface area contributed by atoms with Crippen LogP contribution in [0, 0.1) is 6.92 Å². The van der Waals surface area contributed by atoms with Crippen molar-refractivity contribution in [3.63, 3.8) is 0 Å². The fraction of sp³-hybridized carbons (Fsp3) is 0.333. The van der Waals surface area contributed by atoms with Gasteiger partial charge in [-0.2, -0.15) is 8.42 Å². The lowest BCUT2D eigenvalue weighted by molar-refractivity contribution is 0.292. The number of ether oxygens (including phenoxy) is 1. The Bertz CT molecular complexity index is 1300. The van der Waals surface area contributed by atoms with Crippen LogP contribution in [0.25, 0.3) is 11.0 Å². The van der Waals surface area contributed by atoms with E-state index in [1.54, 1.807) is 41.3 Å². The Morgan fingerprint density at radius 3 is 2.22 bits per heavy atom. The lowest BCUT2D eigenvalue weighted by Crippen LogP contribution is -2.44. The molecule has 1 aromatic heterocycles. The number of rotatable bonds is 6. The summed E-state index contributed by atoms with van der Waals surface area (Å²) in [6.07, 6.45) is 0. The molecule has 2 aromatic carbocycles. The first kappa shape index (κ1) is 23.5. The Kier molecular flexibility index (Phi) is 6.74. The van der Waals surface area contributed by atoms with Crippen LogP contribution in [0.5, 0.6) is 5.75 Å². The van der Waals surface area contributed by atoms with Crippen molar-refractivity contribution in [3.8, 4) is 5.75 Å². The summed E-state index contributed by atoms with van der Waals surface area (Å²) in [6, 6.07) is 13.0. The summed E-state index contributed by atoms with van der Waals surface area (Å²) >= 11 is 0. The average molecular weight is 457 g/mol. The molecule has 0 radical (unpaired) electrons. The molecule has 8 heteroatoms. The fourth-order valence-corrected chi connectivity index (χ4v) is 4.64. The third-order valence-electron chi connectivity index (χ3n) is 5.07. The maximum absolute atomic E-state index is 13.2. The van der Waals surface area contributed by atoms with E-state index in [4.69, 9.17) is 9.15 Å². The van der Waals surface area contributed by atoms with Crippen LogP contribution >= 0.6 is 0 Å². The van der Waals surface area contributed by atoms with Crippen LogP contribution in [0.4, 0.5) is 0 Å². The van der Waals surface area contributed by atoms with Crippen molar-refractivity contribution in [2.45, 2.75) is 51.6 Å². The number of nitrogens with zero attached hydrogens (tertiary/aromatic N) is 2. The first-order valence-corrected chi connectivity index (χ1v) is 11.8. The number of methoxy groups -OCH3 is 1. The van der Waals surface area contributed by atoms with Crippen LogP contribution in [0.2, 0.25) is 0 Å². The van der Waals surface area contributed by atoms with Gasteiger partial charge in [0.25, 0.3) is 10.0 Å². The van der Waals surface area contributed by atoms with Crippen molar-refractivity contribution in [2.24, 2.45) is 4.40 Å². The van der Waals surface area contributed by atoms with E-state index in [9.17, 15) is 13.2 Å². The highest BCUT2D eigenvalue weighted by atomic mass is 32.2. The van der Waals surface area contributed by atoms with Crippen LogP contribution < -0.4 is 10.4 Å². The van der Waals surface area contributed by atoms with Gasteiger partial charge in [0.1, 0.15) is 5.56 Å². The summed E-state index contributed by atoms with van der Waals surface area (Å²) in [7, 11) is -2.59. The summed E-state index contributed by atoms with van der Waals surface area (Å²) in [5.74, 6) is 0.468. The van der Waals surface area contributed by atoms with Crippen LogP contribution in [-0.4, -0.2) is 38.3 Å². The SMILES string of the molecule is COc1cccc2cc(/C(=N/S(=O)(=O)c3ccc(C)cc3)N(C(C)C)C(C)C)c(=O)oc12. The van der Waals surface area contributed by atoms with Gasteiger partial charge in [0.15, 0.2) is 17.2 Å². The van der Waals surface area contributed by atoms with Crippen LogP contribution in [-0.2, 0) is 10.0 Å². The quantitative estimate of drug-likeness (QED) is 0.311. The maximum Gasteiger partial charge on any atom is 0.347 e. The topological polar surface area (TPSA) is 89.2 Å². The largest absolute Gasteiger partial charge is 0.493 e. The van der Waals surface area contributed by atoms with Crippen molar-refractivity contribution < 1.29 is 17.6 Å². The molecule has 32 heavy (non-hydrogen) atoms. The van der Waals surface area contributed by atoms with Crippen LogP contribution in [0.1, 0.15) is 38.8 Å². The molecule has 0 spiro atoms. The van der Waals surface area contributed by atoms with Gasteiger partial charge in [-0.15, -0.1) is 4.40 Å². The molecule has 0 aliphatic carbocycles. The van der Waals surface area contributed by atoms with Gasteiger partial charge in [-0.05, 0) is 58.9 Å². The molecule has 0 aliphatic rings. The normalized spacial score (nSPS) is 12.6. The Morgan fingerprint density at radius 2 is 1.66 bits per heavy atom. The number of hydrogen-bond acceptors (Lipinski definition) is 5. The van der Waals surface area contributed by atoms with Gasteiger partial charge >= 0.3 is 5.63 Å². The predicted octanol–water partition coefficient (Wildman–Crippen LogP) is 4.36. The zero-order valence-electron chi connectivity index (χ0n) is 19.1.